The van der Waals surface area contributed by atoms with Gasteiger partial charge < -0.3 is 14.5 Å². The van der Waals surface area contributed by atoms with Crippen LogP contribution in [-0.4, -0.2) is 89.5 Å². The molecule has 2 aromatic carbocycles. The number of nitrogens with zero attached hydrogens (tertiary/aromatic N) is 5. The Morgan fingerprint density at radius 1 is 1.19 bits per heavy atom. The van der Waals surface area contributed by atoms with Crippen molar-refractivity contribution in [1.82, 2.24) is 19.4 Å². The molecule has 2 saturated heterocycles. The van der Waals surface area contributed by atoms with Crippen LogP contribution in [0.4, 0.5) is 14.6 Å². The molecule has 0 aliphatic carbocycles. The summed E-state index contributed by atoms with van der Waals surface area (Å²) in [5.41, 5.74) is 0.868. The molecule has 43 heavy (non-hydrogen) atoms. The Morgan fingerprint density at radius 2 is 1.93 bits per heavy atom. The van der Waals surface area contributed by atoms with Gasteiger partial charge in [-0.1, -0.05) is 32.0 Å². The van der Waals surface area contributed by atoms with Crippen molar-refractivity contribution in [1.29, 1.82) is 0 Å². The number of piperazine rings is 1. The van der Waals surface area contributed by atoms with Crippen LogP contribution in [0, 0.1) is 11.6 Å². The molecule has 8 nitrogen and oxygen atoms in total. The topological polar surface area (TPSA) is 70.9 Å². The molecule has 230 valence electrons. The zero-order valence-corrected chi connectivity index (χ0v) is 26.2. The summed E-state index contributed by atoms with van der Waals surface area (Å²) in [7, 11) is 0. The summed E-state index contributed by atoms with van der Waals surface area (Å²) in [6.07, 6.45) is 1.30. The van der Waals surface area contributed by atoms with Crippen LogP contribution in [-0.2, 0) is 9.53 Å². The molecule has 2 fully saturated rings. The molecule has 2 unspecified atom stereocenters. The van der Waals surface area contributed by atoms with Gasteiger partial charge in [-0.25, -0.2) is 13.6 Å². The zero-order valence-electron chi connectivity index (χ0n) is 24.6. The molecule has 3 aliphatic rings. The number of thioether (sulfide) groups is 1. The number of carbonyl (C=O) groups excluding carboxylic acids is 1. The van der Waals surface area contributed by atoms with Gasteiger partial charge in [0.2, 0.25) is 5.91 Å². The Labute approximate surface area is 259 Å². The van der Waals surface area contributed by atoms with E-state index in [1.165, 1.54) is 30.0 Å². The van der Waals surface area contributed by atoms with E-state index < -0.39 is 17.3 Å². The highest BCUT2D eigenvalue weighted by atomic mass is 35.5. The molecule has 3 aromatic rings. The molecule has 1 amide bonds. The first kappa shape index (κ1) is 31.4. The van der Waals surface area contributed by atoms with Crippen molar-refractivity contribution >= 4 is 46.0 Å². The molecule has 2 atom stereocenters. The number of anilines is 1. The molecular weight excluding hydrogens is 596 g/mol. The van der Waals surface area contributed by atoms with Gasteiger partial charge >= 0.3 is 5.69 Å². The average Bonchev–Trinajstić information content (AvgIpc) is 3.01. The fraction of sp³-hybridized carbons (Fsp3) is 0.452. The zero-order chi connectivity index (χ0) is 30.8. The highest BCUT2D eigenvalue weighted by Gasteiger charge is 2.34. The van der Waals surface area contributed by atoms with Gasteiger partial charge in [-0.2, -0.15) is 4.98 Å². The number of hydrogen-bond donors (Lipinski definition) is 0. The van der Waals surface area contributed by atoms with Gasteiger partial charge in [0.25, 0.3) is 0 Å². The number of amides is 1. The van der Waals surface area contributed by atoms with Crippen molar-refractivity contribution < 1.29 is 18.3 Å². The summed E-state index contributed by atoms with van der Waals surface area (Å²) in [6, 6.07) is 4.87. The van der Waals surface area contributed by atoms with Gasteiger partial charge in [0.05, 0.1) is 29.8 Å². The summed E-state index contributed by atoms with van der Waals surface area (Å²) in [6.45, 7) is 14.4. The van der Waals surface area contributed by atoms with Crippen LogP contribution >= 0.6 is 23.4 Å². The molecule has 0 N–H and O–H groups in total. The molecule has 12 heteroatoms. The van der Waals surface area contributed by atoms with E-state index in [4.69, 9.17) is 16.3 Å². The Morgan fingerprint density at radius 3 is 2.60 bits per heavy atom. The van der Waals surface area contributed by atoms with Crippen molar-refractivity contribution in [3.63, 3.8) is 0 Å². The Hall–Kier alpha value is -2.99. The maximum Gasteiger partial charge on any atom is 0.350 e. The van der Waals surface area contributed by atoms with Gasteiger partial charge in [-0.3, -0.25) is 14.3 Å². The predicted octanol–water partition coefficient (Wildman–Crippen LogP) is 5.22. The average molecular weight is 632 g/mol. The van der Waals surface area contributed by atoms with E-state index in [1.807, 2.05) is 25.7 Å². The normalized spacial score (nSPS) is 20.5. The van der Waals surface area contributed by atoms with Gasteiger partial charge in [0, 0.05) is 78.5 Å². The molecule has 0 spiro atoms. The lowest BCUT2D eigenvalue weighted by atomic mass is 10.0. The second kappa shape index (κ2) is 13.3. The molecule has 0 bridgehead atoms. The van der Waals surface area contributed by atoms with Crippen molar-refractivity contribution in [3.8, 4) is 11.1 Å². The number of aromatic nitrogens is 2. The molecule has 0 radical (unpaired) electrons. The van der Waals surface area contributed by atoms with Crippen LogP contribution in [0.25, 0.3) is 22.0 Å². The Kier molecular flexibility index (Phi) is 9.75. The number of ether oxygens (including phenoxy) is 1. The summed E-state index contributed by atoms with van der Waals surface area (Å²) in [5, 5.41) is 0.976. The molecule has 6 rings (SSSR count). The number of carbonyl (C=O) groups is 1. The lowest BCUT2D eigenvalue weighted by Gasteiger charge is -2.41. The molecule has 4 heterocycles. The number of rotatable bonds is 5. The van der Waals surface area contributed by atoms with E-state index in [-0.39, 0.29) is 23.6 Å². The first-order valence-corrected chi connectivity index (χ1v) is 16.0. The monoisotopic (exact) mass is 631 g/mol. The smallest absolute Gasteiger partial charge is 0.350 e. The van der Waals surface area contributed by atoms with Gasteiger partial charge in [0.1, 0.15) is 17.5 Å². The maximum absolute atomic E-state index is 15.1. The van der Waals surface area contributed by atoms with Crippen LogP contribution in [0.2, 0.25) is 5.02 Å². The number of benzene rings is 2. The Bertz CT molecular complexity index is 1600. The molecular formula is C31H36ClF2N5O3S. The SMILES string of the molecule is C=CC(=O)N1CCN(c2nc(=O)n3c4c(c(-c5ccc(F)cc5F)c(Cl)cc24)SCC3CN2CCOCC2)C(C)C1.CC. The first-order chi connectivity index (χ1) is 20.8. The molecule has 3 aliphatic heterocycles. The highest BCUT2D eigenvalue weighted by molar-refractivity contribution is 7.99. The lowest BCUT2D eigenvalue weighted by molar-refractivity contribution is -0.126. The maximum atomic E-state index is 15.1. The van der Waals surface area contributed by atoms with E-state index in [2.05, 4.69) is 16.5 Å². The largest absolute Gasteiger partial charge is 0.379 e. The second-order valence-corrected chi connectivity index (χ2v) is 12.0. The van der Waals surface area contributed by atoms with Crippen LogP contribution in [0.3, 0.4) is 0 Å². The molecule has 1 aromatic heterocycles. The fourth-order valence-corrected chi connectivity index (χ4v) is 7.72. The third-order valence-corrected chi connectivity index (χ3v) is 9.58. The minimum atomic E-state index is -0.724. The van der Waals surface area contributed by atoms with Crippen LogP contribution in [0.1, 0.15) is 26.8 Å². The summed E-state index contributed by atoms with van der Waals surface area (Å²) >= 11 is 8.40. The highest BCUT2D eigenvalue weighted by Crippen LogP contribution is 2.48. The van der Waals surface area contributed by atoms with Gasteiger partial charge in [-0.15, -0.1) is 11.8 Å². The summed E-state index contributed by atoms with van der Waals surface area (Å²) in [5.74, 6) is -0.492. The van der Waals surface area contributed by atoms with E-state index in [1.54, 1.807) is 15.5 Å². The van der Waals surface area contributed by atoms with E-state index >= 15 is 4.39 Å². The van der Waals surface area contributed by atoms with Crippen LogP contribution in [0.5, 0.6) is 0 Å². The van der Waals surface area contributed by atoms with Crippen molar-refractivity contribution in [3.05, 3.63) is 64.1 Å². The predicted molar refractivity (Wildman–Crippen MR) is 168 cm³/mol. The van der Waals surface area contributed by atoms with Crippen LogP contribution in [0.15, 0.2) is 46.6 Å². The number of morpholine rings is 1. The van der Waals surface area contributed by atoms with E-state index in [0.29, 0.717) is 77.3 Å². The Balaban J connectivity index is 0.00000180. The fourth-order valence-electron chi connectivity index (χ4n) is 6.04. The van der Waals surface area contributed by atoms with E-state index in [9.17, 15) is 14.0 Å². The minimum Gasteiger partial charge on any atom is -0.379 e. The van der Waals surface area contributed by atoms with Crippen LogP contribution < -0.4 is 10.6 Å². The van der Waals surface area contributed by atoms with Crippen molar-refractivity contribution in [2.24, 2.45) is 0 Å². The summed E-state index contributed by atoms with van der Waals surface area (Å²) < 4.78 is 36.2. The quantitative estimate of drug-likeness (QED) is 0.358. The lowest BCUT2D eigenvalue weighted by Crippen LogP contribution is -2.54. The first-order valence-electron chi connectivity index (χ1n) is 14.6. The standard InChI is InChI=1S/C29H30ClF2N5O3S.C2H6/c1-3-24(38)35-6-7-36(17(2)14-35)28-21-13-22(30)25(20-5-4-18(31)12-23(20)32)27-26(21)37(29(39)33-28)19(16-41-27)15-34-8-10-40-11-9-34;1-2/h3-5,12-13,17,19H,1,6-11,14-16H2,2H3;1-2H3. The number of hydrogen-bond acceptors (Lipinski definition) is 7. The summed E-state index contributed by atoms with van der Waals surface area (Å²) in [4.78, 5) is 37.4. The van der Waals surface area contributed by atoms with E-state index in [0.717, 1.165) is 19.2 Å². The second-order valence-electron chi connectivity index (χ2n) is 10.6. The third kappa shape index (κ3) is 6.05. The van der Waals surface area contributed by atoms with Gasteiger partial charge in [-0.05, 0) is 31.2 Å². The van der Waals surface area contributed by atoms with Gasteiger partial charge in [0.15, 0.2) is 0 Å². The van der Waals surface area contributed by atoms with Crippen molar-refractivity contribution in [2.45, 2.75) is 37.8 Å². The minimum absolute atomic E-state index is 0.130. The third-order valence-electron chi connectivity index (χ3n) is 8.04. The van der Waals surface area contributed by atoms with Crippen molar-refractivity contribution in [2.75, 3.05) is 63.1 Å². The molecule has 0 saturated carbocycles. The number of halogens is 3.